The number of carbonyl (C=O) groups excluding carboxylic acids is 4. The molecule has 17 heteroatoms. The number of methoxy groups -OCH3 is 2. The molecule has 0 saturated carbocycles. The van der Waals surface area contributed by atoms with Crippen molar-refractivity contribution in [2.75, 3.05) is 41.4 Å². The van der Waals surface area contributed by atoms with Gasteiger partial charge in [0.2, 0.25) is 0 Å². The van der Waals surface area contributed by atoms with Crippen LogP contribution in [0.4, 0.5) is 35.9 Å². The number of rotatable bonds is 10. The summed E-state index contributed by atoms with van der Waals surface area (Å²) in [6.45, 7) is 1.21. The van der Waals surface area contributed by atoms with E-state index in [0.29, 0.717) is 6.42 Å². The lowest BCUT2D eigenvalue weighted by Gasteiger charge is -2.22. The maximum Gasteiger partial charge on any atom is 0.436 e. The lowest BCUT2D eigenvalue weighted by Crippen LogP contribution is -2.44. The number of nitrogens with zero attached hydrogens (tertiary/aromatic N) is 1. The Balaban J connectivity index is 0. The van der Waals surface area contributed by atoms with Crippen LogP contribution in [0, 0.1) is 0 Å². The van der Waals surface area contributed by atoms with Gasteiger partial charge < -0.3 is 29.2 Å². The van der Waals surface area contributed by atoms with Crippen LogP contribution < -0.4 is 5.32 Å². The number of hydrogen-bond donors (Lipinski definition) is 1. The van der Waals surface area contributed by atoms with Gasteiger partial charge in [0, 0.05) is 25.2 Å². The fourth-order valence-corrected chi connectivity index (χ4v) is 3.03. The Labute approximate surface area is 267 Å². The number of benzene rings is 2. The van der Waals surface area contributed by atoms with Gasteiger partial charge in [-0.3, -0.25) is 0 Å². The molecule has 1 amide bonds. The molecule has 0 aliphatic carbocycles. The van der Waals surface area contributed by atoms with Crippen molar-refractivity contribution in [1.82, 2.24) is 10.2 Å². The highest BCUT2D eigenvalue weighted by Crippen LogP contribution is 2.25. The minimum absolute atomic E-state index is 0. The fraction of sp³-hybridized carbons (Fsp3) is 0.448. The highest BCUT2D eigenvalue weighted by atomic mass is 35.5. The molecule has 0 spiro atoms. The number of carbonyl (C=O) groups is 4. The van der Waals surface area contributed by atoms with Gasteiger partial charge in [-0.1, -0.05) is 68.1 Å². The monoisotopic (exact) mass is 690 g/mol. The predicted molar refractivity (Wildman–Crippen MR) is 156 cm³/mol. The van der Waals surface area contributed by atoms with Gasteiger partial charge in [-0.15, -0.1) is 0 Å². The quantitative estimate of drug-likeness (QED) is 0.140. The predicted octanol–water partition coefficient (Wildman–Crippen LogP) is 5.95. The lowest BCUT2D eigenvalue weighted by molar-refractivity contribution is -0.217. The standard InChI is InChI=1S/C14H16F3NO4.C9H13N.C5H4ClF3O4.CH4/c1-18(9-8-10-6-4-3-5-7-10)13(20)22-11(12(19)21-2)14(15,16)17;1-10-8-7-9-5-3-2-4-6-9;1-12-3(10)2(5(7,8)9)13-4(6)11;/h3-7,11H,8-9H2,1-2H3;2-6,10H,7-8H2,1H3;2H,1H3;1H4. The Morgan fingerprint density at radius 3 is 1.50 bits per heavy atom. The topological polar surface area (TPSA) is 120 Å². The summed E-state index contributed by atoms with van der Waals surface area (Å²) < 4.78 is 89.0. The lowest BCUT2D eigenvalue weighted by atomic mass is 10.1. The zero-order chi connectivity index (χ0) is 34.6. The number of ether oxygens (including phenoxy) is 4. The van der Waals surface area contributed by atoms with Crippen molar-refractivity contribution in [3.05, 3.63) is 71.8 Å². The van der Waals surface area contributed by atoms with E-state index >= 15 is 0 Å². The smallest absolute Gasteiger partial charge is 0.436 e. The second-order valence-electron chi connectivity index (χ2n) is 8.63. The third-order valence-electron chi connectivity index (χ3n) is 5.25. The molecule has 0 aliphatic heterocycles. The Morgan fingerprint density at radius 2 is 1.15 bits per heavy atom. The molecule has 2 aromatic carbocycles. The molecule has 46 heavy (non-hydrogen) atoms. The van der Waals surface area contributed by atoms with Crippen LogP contribution in [0.1, 0.15) is 18.6 Å². The summed E-state index contributed by atoms with van der Waals surface area (Å²) in [5.74, 6) is -3.40. The van der Waals surface area contributed by atoms with E-state index in [-0.39, 0.29) is 14.0 Å². The Kier molecular flexibility index (Phi) is 21.5. The molecule has 1 N–H and O–H groups in total. The molecule has 0 radical (unpaired) electrons. The number of nitrogens with one attached hydrogen (secondary N) is 1. The average molecular weight is 691 g/mol. The van der Waals surface area contributed by atoms with Gasteiger partial charge in [-0.2, -0.15) is 26.3 Å². The first-order chi connectivity index (χ1) is 21.0. The first-order valence-electron chi connectivity index (χ1n) is 12.8. The second kappa shape index (κ2) is 22.5. The van der Waals surface area contributed by atoms with Gasteiger partial charge >= 0.3 is 35.8 Å². The summed E-state index contributed by atoms with van der Waals surface area (Å²) in [5.41, 5.74) is 0.590. The van der Waals surface area contributed by atoms with Crippen molar-refractivity contribution in [1.29, 1.82) is 0 Å². The van der Waals surface area contributed by atoms with Crippen molar-refractivity contribution in [2.45, 2.75) is 44.8 Å². The summed E-state index contributed by atoms with van der Waals surface area (Å²) in [6.07, 6.45) is -15.6. The molecule has 0 aliphatic rings. The van der Waals surface area contributed by atoms with E-state index in [1.165, 1.54) is 12.6 Å². The van der Waals surface area contributed by atoms with E-state index in [0.717, 1.165) is 37.6 Å². The molecule has 10 nitrogen and oxygen atoms in total. The largest absolute Gasteiger partial charge is 0.466 e. The zero-order valence-corrected chi connectivity index (χ0v) is 25.4. The van der Waals surface area contributed by atoms with Crippen molar-refractivity contribution < 1.29 is 64.5 Å². The van der Waals surface area contributed by atoms with E-state index in [1.54, 1.807) is 0 Å². The van der Waals surface area contributed by atoms with E-state index < -0.39 is 48.0 Å². The average Bonchev–Trinajstić information content (AvgIpc) is 2.99. The SMILES string of the molecule is C.CNCCc1ccccc1.COC(=O)C(OC(=O)Cl)C(F)(F)F.COC(=O)C(OC(=O)N(C)CCc1ccccc1)C(F)(F)F. The van der Waals surface area contributed by atoms with Gasteiger partial charge in [-0.25, -0.2) is 19.2 Å². The van der Waals surface area contributed by atoms with Crippen molar-refractivity contribution in [2.24, 2.45) is 0 Å². The number of likely N-dealkylation sites (N-methyl/N-ethyl adjacent to an activating group) is 2. The van der Waals surface area contributed by atoms with Gasteiger partial charge in [0.15, 0.2) is 0 Å². The molecule has 2 unspecified atom stereocenters. The maximum atomic E-state index is 12.6. The van der Waals surface area contributed by atoms with Crippen LogP contribution >= 0.6 is 11.6 Å². The molecular weight excluding hydrogens is 654 g/mol. The van der Waals surface area contributed by atoms with Crippen LogP contribution in [0.15, 0.2) is 60.7 Å². The van der Waals surface area contributed by atoms with Crippen LogP contribution in [-0.2, 0) is 41.4 Å². The van der Waals surface area contributed by atoms with E-state index in [2.05, 4.69) is 60.1 Å². The fourth-order valence-electron chi connectivity index (χ4n) is 2.94. The molecule has 0 heterocycles. The van der Waals surface area contributed by atoms with Gasteiger partial charge in [0.05, 0.1) is 14.2 Å². The van der Waals surface area contributed by atoms with E-state index in [1.807, 2.05) is 43.4 Å². The Hall–Kier alpha value is -4.05. The van der Waals surface area contributed by atoms with Gasteiger partial charge in [-0.05, 0) is 37.6 Å². The Morgan fingerprint density at radius 1 is 0.761 bits per heavy atom. The van der Waals surface area contributed by atoms with Gasteiger partial charge in [0.25, 0.3) is 12.2 Å². The zero-order valence-electron chi connectivity index (χ0n) is 24.6. The van der Waals surface area contributed by atoms with Crippen LogP contribution in [0.2, 0.25) is 0 Å². The normalized spacial score (nSPS) is 11.8. The minimum atomic E-state index is -5.03. The third-order valence-corrected chi connectivity index (χ3v) is 5.34. The summed E-state index contributed by atoms with van der Waals surface area (Å²) in [7, 11) is 4.77. The number of alkyl halides is 6. The Bertz CT molecular complexity index is 1170. The molecular formula is C29H37ClF6N2O8. The second-order valence-corrected chi connectivity index (χ2v) is 8.93. The number of halogens is 7. The number of hydrogen-bond acceptors (Lipinski definition) is 9. The van der Waals surface area contributed by atoms with Crippen LogP contribution in [0.3, 0.4) is 0 Å². The van der Waals surface area contributed by atoms with Crippen LogP contribution in [-0.4, -0.2) is 94.3 Å². The highest BCUT2D eigenvalue weighted by Gasteiger charge is 2.50. The van der Waals surface area contributed by atoms with Crippen molar-refractivity contribution in [3.63, 3.8) is 0 Å². The minimum Gasteiger partial charge on any atom is -0.466 e. The number of amides is 1. The molecule has 0 aromatic heterocycles. The third kappa shape index (κ3) is 18.7. The molecule has 2 aromatic rings. The van der Waals surface area contributed by atoms with Crippen LogP contribution in [0.25, 0.3) is 0 Å². The maximum absolute atomic E-state index is 12.6. The summed E-state index contributed by atoms with van der Waals surface area (Å²) in [6, 6.07) is 19.6. The summed E-state index contributed by atoms with van der Waals surface area (Å²) in [5, 5.41) is 3.12. The van der Waals surface area contributed by atoms with Crippen LogP contribution in [0.5, 0.6) is 0 Å². The first-order valence-corrected chi connectivity index (χ1v) is 13.1. The molecule has 2 atom stereocenters. The van der Waals surface area contributed by atoms with E-state index in [4.69, 9.17) is 0 Å². The highest BCUT2D eigenvalue weighted by molar-refractivity contribution is 6.61. The number of esters is 2. The molecule has 0 bridgehead atoms. The van der Waals surface area contributed by atoms with Crippen molar-refractivity contribution >= 4 is 35.1 Å². The first kappa shape index (κ1) is 44.1. The summed E-state index contributed by atoms with van der Waals surface area (Å²) >= 11 is 4.51. The molecule has 0 saturated heterocycles. The van der Waals surface area contributed by atoms with Crippen molar-refractivity contribution in [3.8, 4) is 0 Å². The summed E-state index contributed by atoms with van der Waals surface area (Å²) in [4.78, 5) is 44.0. The molecule has 260 valence electrons. The molecule has 0 fully saturated rings. The molecule has 2 rings (SSSR count). The van der Waals surface area contributed by atoms with E-state index in [9.17, 15) is 45.5 Å². The van der Waals surface area contributed by atoms with Gasteiger partial charge in [0.1, 0.15) is 0 Å².